The van der Waals surface area contributed by atoms with Crippen LogP contribution in [0.1, 0.15) is 34.5 Å². The van der Waals surface area contributed by atoms with Crippen molar-refractivity contribution in [3.8, 4) is 0 Å². The minimum absolute atomic E-state index is 0.0707. The second-order valence-electron chi connectivity index (χ2n) is 6.09. The van der Waals surface area contributed by atoms with Crippen molar-refractivity contribution in [2.45, 2.75) is 24.2 Å². The van der Waals surface area contributed by atoms with E-state index in [-0.39, 0.29) is 9.47 Å². The van der Waals surface area contributed by atoms with Crippen molar-refractivity contribution < 1.29 is 17.6 Å². The molecule has 1 aromatic heterocycles. The van der Waals surface area contributed by atoms with Crippen LogP contribution < -0.4 is 10.0 Å². The summed E-state index contributed by atoms with van der Waals surface area (Å²) in [6, 6.07) is 11.9. The number of aromatic nitrogens is 2. The summed E-state index contributed by atoms with van der Waals surface area (Å²) < 4.78 is 40.2. The standard InChI is InChI=1S/C18H17FN4O3S2/c1-11-4-3-5-14(10-11)16(24)20-17-21-22-18(27-17)28(25,26)23-12(2)13-6-8-15(19)9-7-13/h3-10,12,23H,1-2H3,(H,20,21,24)/t12-/m0/s1. The normalized spacial score (nSPS) is 12.5. The maximum atomic E-state index is 13.0. The lowest BCUT2D eigenvalue weighted by molar-refractivity contribution is 0.102. The molecule has 7 nitrogen and oxygen atoms in total. The predicted octanol–water partition coefficient (Wildman–Crippen LogP) is 3.28. The number of nitrogens with zero attached hydrogens (tertiary/aromatic N) is 2. The lowest BCUT2D eigenvalue weighted by Gasteiger charge is -2.12. The Kier molecular flexibility index (Phi) is 5.82. The Hall–Kier alpha value is -2.69. The second kappa shape index (κ2) is 8.13. The first-order valence-electron chi connectivity index (χ1n) is 8.24. The van der Waals surface area contributed by atoms with Gasteiger partial charge in [-0.05, 0) is 43.7 Å². The third-order valence-corrected chi connectivity index (χ3v) is 6.59. The molecule has 0 aliphatic rings. The molecule has 0 spiro atoms. The number of hydrogen-bond acceptors (Lipinski definition) is 6. The van der Waals surface area contributed by atoms with Crippen molar-refractivity contribution in [1.82, 2.24) is 14.9 Å². The number of carbonyl (C=O) groups excluding carboxylic acids is 1. The van der Waals surface area contributed by atoms with E-state index in [1.54, 1.807) is 25.1 Å². The van der Waals surface area contributed by atoms with Crippen LogP contribution in [-0.4, -0.2) is 24.5 Å². The smallest absolute Gasteiger partial charge is 0.270 e. The highest BCUT2D eigenvalue weighted by atomic mass is 32.2. The Bertz CT molecular complexity index is 1100. The van der Waals surface area contributed by atoms with Crippen LogP contribution in [0, 0.1) is 12.7 Å². The molecule has 0 aliphatic heterocycles. The van der Waals surface area contributed by atoms with E-state index in [2.05, 4.69) is 20.2 Å². The Morgan fingerprint density at radius 1 is 1.14 bits per heavy atom. The summed E-state index contributed by atoms with van der Waals surface area (Å²) >= 11 is 0.742. The number of carbonyl (C=O) groups is 1. The molecule has 1 heterocycles. The van der Waals surface area contributed by atoms with Gasteiger partial charge < -0.3 is 0 Å². The van der Waals surface area contributed by atoms with Gasteiger partial charge in [-0.2, -0.15) is 0 Å². The largest absolute Gasteiger partial charge is 0.296 e. The van der Waals surface area contributed by atoms with E-state index in [0.717, 1.165) is 16.9 Å². The third kappa shape index (κ3) is 4.77. The van der Waals surface area contributed by atoms with Gasteiger partial charge in [0.1, 0.15) is 5.82 Å². The van der Waals surface area contributed by atoms with Crippen molar-refractivity contribution in [3.05, 3.63) is 71.0 Å². The number of benzene rings is 2. The molecule has 3 aromatic rings. The summed E-state index contributed by atoms with van der Waals surface area (Å²) in [7, 11) is -3.95. The Labute approximate surface area is 165 Å². The molecule has 0 radical (unpaired) electrons. The molecule has 28 heavy (non-hydrogen) atoms. The van der Waals surface area contributed by atoms with Gasteiger partial charge in [0.15, 0.2) is 0 Å². The first-order valence-corrected chi connectivity index (χ1v) is 10.5. The number of amides is 1. The summed E-state index contributed by atoms with van der Waals surface area (Å²) in [6.45, 7) is 3.49. The van der Waals surface area contributed by atoms with E-state index in [1.807, 2.05) is 13.0 Å². The molecule has 1 atom stereocenters. The first-order chi connectivity index (χ1) is 13.2. The van der Waals surface area contributed by atoms with Gasteiger partial charge in [0.05, 0.1) is 0 Å². The van der Waals surface area contributed by atoms with Crippen LogP contribution in [0.5, 0.6) is 0 Å². The molecule has 3 rings (SSSR count). The van der Waals surface area contributed by atoms with Crippen LogP contribution in [-0.2, 0) is 10.0 Å². The fourth-order valence-corrected chi connectivity index (χ4v) is 4.57. The Morgan fingerprint density at radius 2 is 1.86 bits per heavy atom. The zero-order valence-corrected chi connectivity index (χ0v) is 16.6. The molecule has 10 heteroatoms. The molecular weight excluding hydrogens is 403 g/mol. The van der Waals surface area contributed by atoms with E-state index in [4.69, 9.17) is 0 Å². The fraction of sp³-hybridized carbons (Fsp3) is 0.167. The monoisotopic (exact) mass is 420 g/mol. The number of halogens is 1. The molecule has 2 N–H and O–H groups in total. The maximum Gasteiger partial charge on any atom is 0.270 e. The molecule has 0 unspecified atom stereocenters. The zero-order chi connectivity index (χ0) is 20.3. The fourth-order valence-electron chi connectivity index (χ4n) is 2.43. The first kappa shape index (κ1) is 20.1. The summed E-state index contributed by atoms with van der Waals surface area (Å²) in [5, 5.41) is 10.00. The van der Waals surface area contributed by atoms with Crippen LogP contribution in [0.25, 0.3) is 0 Å². The third-order valence-electron chi connectivity index (χ3n) is 3.84. The van der Waals surface area contributed by atoms with Crippen LogP contribution in [0.3, 0.4) is 0 Å². The zero-order valence-electron chi connectivity index (χ0n) is 15.0. The van der Waals surface area contributed by atoms with E-state index in [1.165, 1.54) is 24.3 Å². The number of rotatable bonds is 6. The van der Waals surface area contributed by atoms with Gasteiger partial charge in [-0.15, -0.1) is 10.2 Å². The minimum Gasteiger partial charge on any atom is -0.296 e. The van der Waals surface area contributed by atoms with Crippen molar-refractivity contribution >= 4 is 32.4 Å². The molecule has 0 saturated heterocycles. The van der Waals surface area contributed by atoms with E-state index in [9.17, 15) is 17.6 Å². The summed E-state index contributed by atoms with van der Waals surface area (Å²) in [5.41, 5.74) is 1.96. The molecule has 146 valence electrons. The maximum absolute atomic E-state index is 13.0. The number of hydrogen-bond donors (Lipinski definition) is 2. The van der Waals surface area contributed by atoms with Gasteiger partial charge in [-0.25, -0.2) is 17.5 Å². The highest BCUT2D eigenvalue weighted by Crippen LogP contribution is 2.23. The highest BCUT2D eigenvalue weighted by molar-refractivity contribution is 7.91. The topological polar surface area (TPSA) is 101 Å². The number of sulfonamides is 1. The van der Waals surface area contributed by atoms with Gasteiger partial charge in [-0.3, -0.25) is 10.1 Å². The van der Waals surface area contributed by atoms with E-state index >= 15 is 0 Å². The summed E-state index contributed by atoms with van der Waals surface area (Å²) in [6.07, 6.45) is 0. The molecule has 2 aromatic carbocycles. The molecule has 1 amide bonds. The molecule has 0 bridgehead atoms. The lowest BCUT2D eigenvalue weighted by Crippen LogP contribution is -2.26. The van der Waals surface area contributed by atoms with Gasteiger partial charge in [0.25, 0.3) is 15.9 Å². The average Bonchev–Trinajstić information content (AvgIpc) is 3.11. The van der Waals surface area contributed by atoms with Crippen LogP contribution in [0.2, 0.25) is 0 Å². The quantitative estimate of drug-likeness (QED) is 0.596. The number of aryl methyl sites for hydroxylation is 1. The minimum atomic E-state index is -3.95. The van der Waals surface area contributed by atoms with Gasteiger partial charge >= 0.3 is 0 Å². The van der Waals surface area contributed by atoms with Crippen molar-refractivity contribution in [3.63, 3.8) is 0 Å². The summed E-state index contributed by atoms with van der Waals surface area (Å²) in [4.78, 5) is 12.2. The van der Waals surface area contributed by atoms with E-state index in [0.29, 0.717) is 11.1 Å². The average molecular weight is 420 g/mol. The van der Waals surface area contributed by atoms with Crippen molar-refractivity contribution in [2.24, 2.45) is 0 Å². The van der Waals surface area contributed by atoms with Gasteiger partial charge in [-0.1, -0.05) is 41.2 Å². The Morgan fingerprint density at radius 3 is 2.54 bits per heavy atom. The van der Waals surface area contributed by atoms with Crippen LogP contribution in [0.4, 0.5) is 9.52 Å². The second-order valence-corrected chi connectivity index (χ2v) is 8.96. The van der Waals surface area contributed by atoms with Crippen LogP contribution >= 0.6 is 11.3 Å². The van der Waals surface area contributed by atoms with Gasteiger partial charge in [0.2, 0.25) is 9.47 Å². The molecule has 0 aliphatic carbocycles. The van der Waals surface area contributed by atoms with Gasteiger partial charge in [0, 0.05) is 11.6 Å². The molecule has 0 saturated carbocycles. The predicted molar refractivity (Wildman–Crippen MR) is 104 cm³/mol. The molecular formula is C18H17FN4O3S2. The number of nitrogens with one attached hydrogen (secondary N) is 2. The van der Waals surface area contributed by atoms with Crippen LogP contribution in [0.15, 0.2) is 52.9 Å². The van der Waals surface area contributed by atoms with Crippen molar-refractivity contribution in [1.29, 1.82) is 0 Å². The number of anilines is 1. The summed E-state index contributed by atoms with van der Waals surface area (Å²) in [5.74, 6) is -0.812. The molecule has 0 fully saturated rings. The van der Waals surface area contributed by atoms with Crippen molar-refractivity contribution in [2.75, 3.05) is 5.32 Å². The SMILES string of the molecule is Cc1cccc(C(=O)Nc2nnc(S(=O)(=O)N[C@@H](C)c3ccc(F)cc3)s2)c1. The highest BCUT2D eigenvalue weighted by Gasteiger charge is 2.24. The lowest BCUT2D eigenvalue weighted by atomic mass is 10.1. The van der Waals surface area contributed by atoms with E-state index < -0.39 is 27.8 Å². The Balaban J connectivity index is 1.71.